The zero-order valence-corrected chi connectivity index (χ0v) is 8.45. The van der Waals surface area contributed by atoms with Gasteiger partial charge in [0.2, 0.25) is 0 Å². The fourth-order valence-electron chi connectivity index (χ4n) is 1.32. The van der Waals surface area contributed by atoms with Crippen molar-refractivity contribution in [3.8, 4) is 0 Å². The Morgan fingerprint density at radius 2 is 2.31 bits per heavy atom. The van der Waals surface area contributed by atoms with Crippen LogP contribution in [0, 0.1) is 0 Å². The third-order valence-electron chi connectivity index (χ3n) is 1.91. The third kappa shape index (κ3) is 1.20. The molecular weight excluding hydrogens is 232 g/mol. The number of nitrogens with two attached hydrogens (primary N) is 2. The Kier molecular flexibility index (Phi) is 1.97. The molecule has 0 saturated carbocycles. The van der Waals surface area contributed by atoms with E-state index in [1.54, 1.807) is 0 Å². The van der Waals surface area contributed by atoms with E-state index in [9.17, 15) is 0 Å². The molecule has 13 heavy (non-hydrogen) atoms. The minimum absolute atomic E-state index is 0.399. The highest BCUT2D eigenvalue weighted by molar-refractivity contribution is 9.10. The molecule has 4 nitrogen and oxygen atoms in total. The number of aromatic nitrogens is 2. The number of nitrogen functional groups attached to an aromatic ring is 1. The Morgan fingerprint density at radius 1 is 1.54 bits per heavy atom. The Balaban J connectivity index is 2.87. The van der Waals surface area contributed by atoms with E-state index in [0.29, 0.717) is 12.2 Å². The van der Waals surface area contributed by atoms with Gasteiger partial charge in [-0.1, -0.05) is 0 Å². The molecule has 0 spiro atoms. The van der Waals surface area contributed by atoms with Gasteiger partial charge in [0, 0.05) is 6.20 Å². The molecule has 0 atom stereocenters. The highest BCUT2D eigenvalue weighted by Crippen LogP contribution is 2.23. The Morgan fingerprint density at radius 3 is 3.00 bits per heavy atom. The van der Waals surface area contributed by atoms with Crippen LogP contribution in [-0.4, -0.2) is 9.38 Å². The molecule has 0 aliphatic rings. The van der Waals surface area contributed by atoms with Crippen LogP contribution in [0.4, 0.5) is 5.69 Å². The molecule has 68 valence electrons. The summed E-state index contributed by atoms with van der Waals surface area (Å²) in [5, 5.41) is 0. The van der Waals surface area contributed by atoms with Gasteiger partial charge in [0.05, 0.1) is 12.2 Å². The lowest BCUT2D eigenvalue weighted by molar-refractivity contribution is 0.902. The van der Waals surface area contributed by atoms with Gasteiger partial charge in [-0.3, -0.25) is 4.40 Å². The number of nitrogens with zero attached hydrogens (tertiary/aromatic N) is 2. The van der Waals surface area contributed by atoms with E-state index in [1.807, 2.05) is 22.7 Å². The number of hydrogen-bond donors (Lipinski definition) is 2. The molecule has 4 N–H and O–H groups in total. The van der Waals surface area contributed by atoms with Gasteiger partial charge >= 0.3 is 0 Å². The third-order valence-corrected chi connectivity index (χ3v) is 2.46. The number of pyridine rings is 1. The minimum Gasteiger partial charge on any atom is -0.397 e. The summed E-state index contributed by atoms with van der Waals surface area (Å²) in [5.41, 5.74) is 12.9. The van der Waals surface area contributed by atoms with Gasteiger partial charge in [-0.15, -0.1) is 0 Å². The maximum Gasteiger partial charge on any atom is 0.134 e. The summed E-state index contributed by atoms with van der Waals surface area (Å²) in [4.78, 5) is 4.24. The summed E-state index contributed by atoms with van der Waals surface area (Å²) >= 11 is 3.34. The van der Waals surface area contributed by atoms with Gasteiger partial charge in [0.1, 0.15) is 15.9 Å². The lowest BCUT2D eigenvalue weighted by Gasteiger charge is -1.99. The molecule has 0 saturated heterocycles. The lowest BCUT2D eigenvalue weighted by Crippen LogP contribution is -2.02. The summed E-state index contributed by atoms with van der Waals surface area (Å²) in [6.07, 6.45) is 1.89. The van der Waals surface area contributed by atoms with Crippen LogP contribution in [-0.2, 0) is 6.54 Å². The summed E-state index contributed by atoms with van der Waals surface area (Å²) in [6.45, 7) is 0.399. The van der Waals surface area contributed by atoms with Crippen LogP contribution in [0.25, 0.3) is 5.52 Å². The van der Waals surface area contributed by atoms with Gasteiger partial charge in [-0.2, -0.15) is 0 Å². The summed E-state index contributed by atoms with van der Waals surface area (Å²) in [5.74, 6) is 0.800. The molecule has 0 fully saturated rings. The van der Waals surface area contributed by atoms with Crippen molar-refractivity contribution in [2.45, 2.75) is 6.54 Å². The smallest absolute Gasteiger partial charge is 0.134 e. The molecule has 2 heterocycles. The first-order chi connectivity index (χ1) is 6.24. The second-order valence-electron chi connectivity index (χ2n) is 2.71. The van der Waals surface area contributed by atoms with E-state index in [1.165, 1.54) is 0 Å². The average Bonchev–Trinajstić information content (AvgIpc) is 2.44. The number of imidazole rings is 1. The van der Waals surface area contributed by atoms with Crippen LogP contribution in [0.1, 0.15) is 5.82 Å². The van der Waals surface area contributed by atoms with Crippen molar-refractivity contribution in [3.05, 3.63) is 28.8 Å². The monoisotopic (exact) mass is 240 g/mol. The van der Waals surface area contributed by atoms with E-state index < -0.39 is 0 Å². The molecule has 2 aromatic heterocycles. The predicted molar refractivity (Wildman–Crippen MR) is 55.2 cm³/mol. The molecule has 0 aromatic carbocycles. The number of hydrogen-bond acceptors (Lipinski definition) is 3. The first kappa shape index (κ1) is 8.52. The normalized spacial score (nSPS) is 10.9. The van der Waals surface area contributed by atoms with Crippen LogP contribution < -0.4 is 11.5 Å². The van der Waals surface area contributed by atoms with E-state index in [0.717, 1.165) is 15.9 Å². The van der Waals surface area contributed by atoms with Crippen molar-refractivity contribution in [3.63, 3.8) is 0 Å². The first-order valence-corrected chi connectivity index (χ1v) is 4.64. The standard InChI is InChI=1S/C8H9BrN4/c9-8-7-5(11)2-1-3-13(7)6(4-10)12-8/h1-3H,4,10-11H2. The Hall–Kier alpha value is -1.07. The molecule has 2 aromatic rings. The van der Waals surface area contributed by atoms with Crippen molar-refractivity contribution < 1.29 is 0 Å². The number of halogens is 1. The second-order valence-corrected chi connectivity index (χ2v) is 3.46. The van der Waals surface area contributed by atoms with Gasteiger partial charge < -0.3 is 11.5 Å². The first-order valence-electron chi connectivity index (χ1n) is 3.85. The molecule has 5 heteroatoms. The average molecular weight is 241 g/mol. The van der Waals surface area contributed by atoms with E-state index >= 15 is 0 Å². The van der Waals surface area contributed by atoms with Crippen LogP contribution in [0.3, 0.4) is 0 Å². The van der Waals surface area contributed by atoms with E-state index in [4.69, 9.17) is 11.5 Å². The fourth-order valence-corrected chi connectivity index (χ4v) is 1.95. The zero-order valence-electron chi connectivity index (χ0n) is 6.87. The maximum absolute atomic E-state index is 5.79. The number of rotatable bonds is 1. The van der Waals surface area contributed by atoms with Crippen molar-refractivity contribution >= 4 is 27.1 Å². The molecular formula is C8H9BrN4. The molecule has 0 radical (unpaired) electrons. The topological polar surface area (TPSA) is 69.3 Å². The largest absolute Gasteiger partial charge is 0.397 e. The molecule has 0 amide bonds. The van der Waals surface area contributed by atoms with Crippen molar-refractivity contribution in [1.82, 2.24) is 9.38 Å². The van der Waals surface area contributed by atoms with Crippen LogP contribution >= 0.6 is 15.9 Å². The van der Waals surface area contributed by atoms with Crippen LogP contribution in [0.5, 0.6) is 0 Å². The van der Waals surface area contributed by atoms with Gasteiger partial charge in [0.25, 0.3) is 0 Å². The summed E-state index contributed by atoms with van der Waals surface area (Å²) in [7, 11) is 0. The Bertz CT molecular complexity index is 449. The quantitative estimate of drug-likeness (QED) is 0.786. The number of anilines is 1. The zero-order chi connectivity index (χ0) is 9.42. The maximum atomic E-state index is 5.79. The Labute approximate surface area is 83.7 Å². The molecule has 2 rings (SSSR count). The highest BCUT2D eigenvalue weighted by atomic mass is 79.9. The van der Waals surface area contributed by atoms with Crippen molar-refractivity contribution in [2.24, 2.45) is 5.73 Å². The lowest BCUT2D eigenvalue weighted by atomic mass is 10.3. The number of fused-ring (bicyclic) bond motifs is 1. The predicted octanol–water partition coefficient (Wildman–Crippen LogP) is 1.14. The highest BCUT2D eigenvalue weighted by Gasteiger charge is 2.08. The van der Waals surface area contributed by atoms with Crippen LogP contribution in [0.15, 0.2) is 22.9 Å². The van der Waals surface area contributed by atoms with Crippen molar-refractivity contribution in [1.29, 1.82) is 0 Å². The SMILES string of the molecule is NCc1nc(Br)c2c(N)cccn12. The van der Waals surface area contributed by atoms with Gasteiger partial charge in [0.15, 0.2) is 0 Å². The van der Waals surface area contributed by atoms with Crippen molar-refractivity contribution in [2.75, 3.05) is 5.73 Å². The summed E-state index contributed by atoms with van der Waals surface area (Å²) in [6, 6.07) is 3.71. The molecule has 0 aliphatic carbocycles. The summed E-state index contributed by atoms with van der Waals surface area (Å²) < 4.78 is 2.63. The van der Waals surface area contributed by atoms with E-state index in [-0.39, 0.29) is 0 Å². The van der Waals surface area contributed by atoms with Crippen LogP contribution in [0.2, 0.25) is 0 Å². The van der Waals surface area contributed by atoms with E-state index in [2.05, 4.69) is 20.9 Å². The van der Waals surface area contributed by atoms with Gasteiger partial charge in [-0.05, 0) is 28.1 Å². The van der Waals surface area contributed by atoms with Gasteiger partial charge in [-0.25, -0.2) is 4.98 Å². The molecule has 0 unspecified atom stereocenters. The fraction of sp³-hybridized carbons (Fsp3) is 0.125. The minimum atomic E-state index is 0.399. The molecule has 0 bridgehead atoms. The molecule has 0 aliphatic heterocycles. The second kappa shape index (κ2) is 3.01.